The van der Waals surface area contributed by atoms with Crippen LogP contribution < -0.4 is 26.2 Å². The summed E-state index contributed by atoms with van der Waals surface area (Å²) < 4.78 is 15.1. The van der Waals surface area contributed by atoms with E-state index in [0.29, 0.717) is 88.4 Å². The van der Waals surface area contributed by atoms with Crippen LogP contribution in [0.25, 0.3) is 0 Å². The van der Waals surface area contributed by atoms with Crippen LogP contribution in [0.4, 0.5) is 26.7 Å². The molecule has 16 nitrogen and oxygen atoms in total. The predicted octanol–water partition coefficient (Wildman–Crippen LogP) is 5.61. The largest absolute Gasteiger partial charge is 0.453 e. The molecule has 0 aromatic heterocycles. The molecule has 4 aromatic rings. The smallest absolute Gasteiger partial charge is 0.407 e. The highest BCUT2D eigenvalue weighted by molar-refractivity contribution is 6.00. The van der Waals surface area contributed by atoms with Gasteiger partial charge >= 0.3 is 12.2 Å². The van der Waals surface area contributed by atoms with Gasteiger partial charge in [-0.15, -0.1) is 0 Å². The third kappa shape index (κ3) is 11.2. The summed E-state index contributed by atoms with van der Waals surface area (Å²) >= 11 is 0. The number of methoxy groups -OCH3 is 2. The van der Waals surface area contributed by atoms with Gasteiger partial charge in [-0.05, 0) is 85.2 Å². The van der Waals surface area contributed by atoms with E-state index < -0.39 is 36.4 Å². The maximum atomic E-state index is 13.8. The molecular formula is C48H55N7O9. The molecule has 3 heterocycles. The number of rotatable bonds is 15. The van der Waals surface area contributed by atoms with E-state index in [4.69, 9.17) is 14.2 Å². The van der Waals surface area contributed by atoms with Gasteiger partial charge in [0, 0.05) is 55.8 Å². The minimum absolute atomic E-state index is 0.209. The van der Waals surface area contributed by atoms with Gasteiger partial charge in [0.25, 0.3) is 5.91 Å². The van der Waals surface area contributed by atoms with Crippen molar-refractivity contribution in [2.24, 2.45) is 5.92 Å². The Bertz CT molecular complexity index is 2240. The van der Waals surface area contributed by atoms with Gasteiger partial charge in [0.2, 0.25) is 17.7 Å². The number of hydrogen-bond acceptors (Lipinski definition) is 10. The topological polar surface area (TPSA) is 188 Å². The summed E-state index contributed by atoms with van der Waals surface area (Å²) in [4.78, 5) is 84.4. The summed E-state index contributed by atoms with van der Waals surface area (Å²) in [5.41, 5.74) is 4.80. The van der Waals surface area contributed by atoms with Crippen LogP contribution in [-0.2, 0) is 46.5 Å². The number of benzene rings is 4. The second-order valence-corrected chi connectivity index (χ2v) is 16.2. The van der Waals surface area contributed by atoms with Crippen molar-refractivity contribution in [2.75, 3.05) is 56.1 Å². The molecule has 4 N–H and O–H groups in total. The maximum absolute atomic E-state index is 13.8. The quantitative estimate of drug-likeness (QED) is 0.117. The van der Waals surface area contributed by atoms with Gasteiger partial charge in [0.15, 0.2) is 0 Å². The lowest BCUT2D eigenvalue weighted by Gasteiger charge is -2.30. The summed E-state index contributed by atoms with van der Waals surface area (Å²) in [5.74, 6) is -1.50. The molecule has 3 fully saturated rings. The van der Waals surface area contributed by atoms with Gasteiger partial charge in [-0.2, -0.15) is 0 Å². The first-order valence-corrected chi connectivity index (χ1v) is 21.6. The lowest BCUT2D eigenvalue weighted by atomic mass is 9.97. The maximum Gasteiger partial charge on any atom is 0.407 e. The van der Waals surface area contributed by atoms with E-state index in [-0.39, 0.29) is 29.5 Å². The molecule has 2 unspecified atom stereocenters. The van der Waals surface area contributed by atoms with Crippen molar-refractivity contribution in [1.82, 2.24) is 20.4 Å². The van der Waals surface area contributed by atoms with Crippen molar-refractivity contribution >= 4 is 52.9 Å². The Morgan fingerprint density at radius 1 is 0.641 bits per heavy atom. The number of para-hydroxylation sites is 1. The van der Waals surface area contributed by atoms with Crippen molar-refractivity contribution in [2.45, 2.75) is 69.4 Å². The molecule has 0 aliphatic carbocycles. The van der Waals surface area contributed by atoms with E-state index in [1.807, 2.05) is 84.9 Å². The number of alkyl carbamates (subject to hydrolysis) is 2. The molecule has 0 saturated carbocycles. The first-order chi connectivity index (χ1) is 31.1. The SMILES string of the molecule is COC(=O)NC(C(=O)N1CCCC1C(=O)Nc1ccc(CN(Cc2ccc(NC(=O)[C@@H]3CCCN3C(=O)[C@H](NC(=O)OC)c3ccccc3)cc2)c2ccccc2)cc1)[C@H]1CCOC1. The second kappa shape index (κ2) is 21.4. The van der Waals surface area contributed by atoms with E-state index in [1.165, 1.54) is 19.1 Å². The molecule has 5 atom stereocenters. The Morgan fingerprint density at radius 2 is 1.14 bits per heavy atom. The van der Waals surface area contributed by atoms with E-state index in [0.717, 1.165) is 16.8 Å². The van der Waals surface area contributed by atoms with Crippen LogP contribution >= 0.6 is 0 Å². The van der Waals surface area contributed by atoms with E-state index in [2.05, 4.69) is 26.2 Å². The molecule has 7 rings (SSSR count). The number of anilines is 3. The molecule has 0 spiro atoms. The first kappa shape index (κ1) is 45.1. The molecule has 4 aromatic carbocycles. The zero-order valence-corrected chi connectivity index (χ0v) is 36.1. The number of hydrogen-bond donors (Lipinski definition) is 4. The third-order valence-corrected chi connectivity index (χ3v) is 12.0. The number of carbonyl (C=O) groups excluding carboxylic acids is 6. The number of likely N-dealkylation sites (tertiary alicyclic amines) is 2. The molecule has 3 aliphatic heterocycles. The molecular weight excluding hydrogens is 819 g/mol. The Labute approximate surface area is 372 Å². The van der Waals surface area contributed by atoms with Crippen LogP contribution in [-0.4, -0.2) is 104 Å². The van der Waals surface area contributed by atoms with Crippen LogP contribution in [0.1, 0.15) is 54.8 Å². The monoisotopic (exact) mass is 873 g/mol. The summed E-state index contributed by atoms with van der Waals surface area (Å²) in [6.07, 6.45) is 1.48. The molecule has 336 valence electrons. The fraction of sp³-hybridized carbons (Fsp3) is 0.375. The van der Waals surface area contributed by atoms with Crippen LogP contribution in [0.2, 0.25) is 0 Å². The molecule has 0 bridgehead atoms. The third-order valence-electron chi connectivity index (χ3n) is 12.0. The van der Waals surface area contributed by atoms with Crippen LogP contribution in [0.3, 0.4) is 0 Å². The summed E-state index contributed by atoms with van der Waals surface area (Å²) in [6, 6.07) is 30.9. The van der Waals surface area contributed by atoms with Gasteiger partial charge in [-0.3, -0.25) is 19.2 Å². The normalized spacial score (nSPS) is 18.9. The zero-order chi connectivity index (χ0) is 45.0. The standard InChI is InChI=1S/C48H55N7O9/c1-62-47(60)51-41(34-11-5-3-6-12-34)45(58)54-26-9-15-39(54)43(56)49-36-21-17-32(18-22-36)29-53(38-13-7-4-8-14-38)30-33-19-23-37(24-20-33)50-44(57)40-16-10-27-55(40)46(59)42(52-48(61)63-2)35-25-28-64-31-35/h3-8,11-14,17-24,35,39-42H,9-10,15-16,25-31H2,1-2H3,(H,49,56)(H,50,57)(H,51,60)(H,52,61)/t35-,39-,40?,41+,42?/m0/s1. The van der Waals surface area contributed by atoms with Crippen molar-refractivity contribution in [3.8, 4) is 0 Å². The van der Waals surface area contributed by atoms with Crippen LogP contribution in [0, 0.1) is 5.92 Å². The average Bonchev–Trinajstić information content (AvgIpc) is 4.15. The molecule has 3 saturated heterocycles. The predicted molar refractivity (Wildman–Crippen MR) is 239 cm³/mol. The highest BCUT2D eigenvalue weighted by Gasteiger charge is 2.42. The van der Waals surface area contributed by atoms with E-state index in [9.17, 15) is 28.8 Å². The molecule has 16 heteroatoms. The minimum Gasteiger partial charge on any atom is -0.453 e. The minimum atomic E-state index is -1.00. The Hall–Kier alpha value is -6.94. The summed E-state index contributed by atoms with van der Waals surface area (Å²) in [7, 11) is 2.48. The Kier molecular flexibility index (Phi) is 15.1. The Balaban J connectivity index is 0.965. The number of amides is 6. The van der Waals surface area contributed by atoms with Gasteiger partial charge in [0.1, 0.15) is 24.2 Å². The van der Waals surface area contributed by atoms with Crippen molar-refractivity contribution in [1.29, 1.82) is 0 Å². The lowest BCUT2D eigenvalue weighted by Crippen LogP contribution is -2.55. The van der Waals surface area contributed by atoms with Gasteiger partial charge < -0.3 is 50.2 Å². The second-order valence-electron chi connectivity index (χ2n) is 16.2. The molecule has 3 aliphatic rings. The van der Waals surface area contributed by atoms with Gasteiger partial charge in [-0.25, -0.2) is 9.59 Å². The number of ether oxygens (including phenoxy) is 3. The van der Waals surface area contributed by atoms with Crippen molar-refractivity contribution < 1.29 is 43.0 Å². The Morgan fingerprint density at radius 3 is 1.64 bits per heavy atom. The van der Waals surface area contributed by atoms with E-state index in [1.54, 1.807) is 29.2 Å². The highest BCUT2D eigenvalue weighted by atomic mass is 16.5. The van der Waals surface area contributed by atoms with Crippen LogP contribution in [0.15, 0.2) is 109 Å². The number of nitrogens with zero attached hydrogens (tertiary/aromatic N) is 3. The van der Waals surface area contributed by atoms with Crippen molar-refractivity contribution in [3.63, 3.8) is 0 Å². The highest BCUT2D eigenvalue weighted by Crippen LogP contribution is 2.28. The van der Waals surface area contributed by atoms with Crippen LogP contribution in [0.5, 0.6) is 0 Å². The van der Waals surface area contributed by atoms with Gasteiger partial charge in [0.05, 0.1) is 20.8 Å². The average molecular weight is 874 g/mol. The number of nitrogens with one attached hydrogen (secondary N) is 4. The molecule has 6 amide bonds. The van der Waals surface area contributed by atoms with Gasteiger partial charge in [-0.1, -0.05) is 72.8 Å². The van der Waals surface area contributed by atoms with E-state index >= 15 is 0 Å². The molecule has 0 radical (unpaired) electrons. The van der Waals surface area contributed by atoms with Crippen molar-refractivity contribution in [3.05, 3.63) is 126 Å². The lowest BCUT2D eigenvalue weighted by molar-refractivity contribution is -0.139. The number of carbonyl (C=O) groups is 6. The fourth-order valence-electron chi connectivity index (χ4n) is 8.60. The fourth-order valence-corrected chi connectivity index (χ4v) is 8.60. The first-order valence-electron chi connectivity index (χ1n) is 21.6. The summed E-state index contributed by atoms with van der Waals surface area (Å²) in [5, 5.41) is 11.3. The zero-order valence-electron chi connectivity index (χ0n) is 36.1. The summed E-state index contributed by atoms with van der Waals surface area (Å²) in [6.45, 7) is 2.74. The molecule has 64 heavy (non-hydrogen) atoms.